The number of benzene rings is 1. The van der Waals surface area contributed by atoms with Gasteiger partial charge >= 0.3 is 0 Å². The van der Waals surface area contributed by atoms with Gasteiger partial charge in [-0.15, -0.1) is 0 Å². The van der Waals surface area contributed by atoms with E-state index in [1.807, 2.05) is 20.8 Å². The standard InChI is InChI=1S/C14H22N2O4S/c1-9(2)10(3)16-21(18,19)12-6-7-13(15-11(4)17)14(8-12)20-5/h6-10,16H,1-5H3,(H,15,17)/t10-/m1/s1. The number of rotatable bonds is 6. The molecule has 1 amide bonds. The Labute approximate surface area is 125 Å². The maximum atomic E-state index is 12.3. The molecule has 1 aromatic carbocycles. The molecule has 0 aliphatic heterocycles. The molecule has 7 heteroatoms. The summed E-state index contributed by atoms with van der Waals surface area (Å²) in [5.74, 6) is 0.223. The van der Waals surface area contributed by atoms with E-state index in [4.69, 9.17) is 4.74 Å². The zero-order chi connectivity index (χ0) is 16.2. The Morgan fingerprint density at radius 1 is 1.24 bits per heavy atom. The molecule has 0 aromatic heterocycles. The molecule has 0 aliphatic carbocycles. The Morgan fingerprint density at radius 3 is 2.33 bits per heavy atom. The quantitative estimate of drug-likeness (QED) is 0.841. The van der Waals surface area contributed by atoms with Gasteiger partial charge in [0.1, 0.15) is 5.75 Å². The molecular formula is C14H22N2O4S. The van der Waals surface area contributed by atoms with E-state index in [-0.39, 0.29) is 22.8 Å². The summed E-state index contributed by atoms with van der Waals surface area (Å²) in [4.78, 5) is 11.2. The van der Waals surface area contributed by atoms with Crippen molar-refractivity contribution in [1.82, 2.24) is 4.72 Å². The molecule has 0 heterocycles. The molecule has 1 rings (SSSR count). The Hall–Kier alpha value is -1.60. The lowest BCUT2D eigenvalue weighted by Crippen LogP contribution is -2.36. The van der Waals surface area contributed by atoms with Crippen molar-refractivity contribution >= 4 is 21.6 Å². The Kier molecular flexibility index (Phi) is 5.74. The van der Waals surface area contributed by atoms with Gasteiger partial charge in [0.15, 0.2) is 0 Å². The third kappa shape index (κ3) is 4.71. The van der Waals surface area contributed by atoms with Crippen LogP contribution in [-0.2, 0) is 14.8 Å². The number of ether oxygens (including phenoxy) is 1. The maximum absolute atomic E-state index is 12.3. The van der Waals surface area contributed by atoms with Gasteiger partial charge in [-0.25, -0.2) is 13.1 Å². The summed E-state index contributed by atoms with van der Waals surface area (Å²) in [5.41, 5.74) is 0.431. The Balaban J connectivity index is 3.11. The summed E-state index contributed by atoms with van der Waals surface area (Å²) < 4.78 is 32.3. The first kappa shape index (κ1) is 17.5. The van der Waals surface area contributed by atoms with E-state index in [0.29, 0.717) is 11.4 Å². The summed E-state index contributed by atoms with van der Waals surface area (Å²) >= 11 is 0. The highest BCUT2D eigenvalue weighted by Crippen LogP contribution is 2.27. The molecule has 0 saturated heterocycles. The molecule has 0 fully saturated rings. The number of hydrogen-bond donors (Lipinski definition) is 2. The fraction of sp³-hybridized carbons (Fsp3) is 0.500. The second-order valence-electron chi connectivity index (χ2n) is 5.20. The lowest BCUT2D eigenvalue weighted by molar-refractivity contribution is -0.114. The summed E-state index contributed by atoms with van der Waals surface area (Å²) in [5, 5.41) is 2.58. The molecule has 2 N–H and O–H groups in total. The molecule has 6 nitrogen and oxygen atoms in total. The third-order valence-electron chi connectivity index (χ3n) is 3.14. The molecule has 0 saturated carbocycles. The number of carbonyl (C=O) groups is 1. The SMILES string of the molecule is COc1cc(S(=O)(=O)N[C@H](C)C(C)C)ccc1NC(C)=O. The molecule has 21 heavy (non-hydrogen) atoms. The predicted octanol–water partition coefficient (Wildman–Crippen LogP) is 1.98. The van der Waals surface area contributed by atoms with Crippen LogP contribution in [0.4, 0.5) is 5.69 Å². The fourth-order valence-corrected chi connectivity index (χ4v) is 2.99. The molecule has 0 spiro atoms. The molecular weight excluding hydrogens is 292 g/mol. The van der Waals surface area contributed by atoms with Crippen molar-refractivity contribution in [3.8, 4) is 5.75 Å². The van der Waals surface area contributed by atoms with Crippen LogP contribution in [0.15, 0.2) is 23.1 Å². The monoisotopic (exact) mass is 314 g/mol. The van der Waals surface area contributed by atoms with Gasteiger partial charge in [0.2, 0.25) is 15.9 Å². The zero-order valence-electron chi connectivity index (χ0n) is 12.9. The molecule has 0 bridgehead atoms. The third-order valence-corrected chi connectivity index (χ3v) is 4.69. The first-order valence-electron chi connectivity index (χ1n) is 6.65. The van der Waals surface area contributed by atoms with E-state index in [2.05, 4.69) is 10.0 Å². The van der Waals surface area contributed by atoms with Crippen molar-refractivity contribution in [3.63, 3.8) is 0 Å². The Morgan fingerprint density at radius 2 is 1.86 bits per heavy atom. The van der Waals surface area contributed by atoms with Crippen LogP contribution >= 0.6 is 0 Å². The summed E-state index contributed by atoms with van der Waals surface area (Å²) in [7, 11) is -2.21. The maximum Gasteiger partial charge on any atom is 0.240 e. The van der Waals surface area contributed by atoms with Gasteiger partial charge in [0.25, 0.3) is 0 Å². The molecule has 118 valence electrons. The molecule has 1 aromatic rings. The van der Waals surface area contributed by atoms with E-state index < -0.39 is 10.0 Å². The number of nitrogens with one attached hydrogen (secondary N) is 2. The van der Waals surface area contributed by atoms with Crippen molar-refractivity contribution < 1.29 is 17.9 Å². The molecule has 0 unspecified atom stereocenters. The van der Waals surface area contributed by atoms with Gasteiger partial charge in [-0.05, 0) is 25.0 Å². The second-order valence-corrected chi connectivity index (χ2v) is 6.91. The predicted molar refractivity (Wildman–Crippen MR) is 81.9 cm³/mol. The van der Waals surface area contributed by atoms with Crippen molar-refractivity contribution in [3.05, 3.63) is 18.2 Å². The largest absolute Gasteiger partial charge is 0.495 e. The fourth-order valence-electron chi connectivity index (χ4n) is 1.58. The second kappa shape index (κ2) is 6.91. The highest BCUT2D eigenvalue weighted by Gasteiger charge is 2.20. The van der Waals surface area contributed by atoms with Crippen LogP contribution in [0.3, 0.4) is 0 Å². The summed E-state index contributed by atoms with van der Waals surface area (Å²) in [6.07, 6.45) is 0. The van der Waals surface area contributed by atoms with Crippen molar-refractivity contribution in [2.75, 3.05) is 12.4 Å². The molecule has 1 atom stereocenters. The number of amides is 1. The smallest absolute Gasteiger partial charge is 0.240 e. The lowest BCUT2D eigenvalue weighted by Gasteiger charge is -2.18. The molecule has 0 radical (unpaired) electrons. The van der Waals surface area contributed by atoms with Crippen LogP contribution in [0.5, 0.6) is 5.75 Å². The summed E-state index contributed by atoms with van der Waals surface area (Å²) in [6, 6.07) is 4.15. The summed E-state index contributed by atoms with van der Waals surface area (Å²) in [6.45, 7) is 7.06. The van der Waals surface area contributed by atoms with Gasteiger partial charge in [-0.3, -0.25) is 4.79 Å². The van der Waals surface area contributed by atoms with Gasteiger partial charge in [0, 0.05) is 19.0 Å². The minimum atomic E-state index is -3.63. The van der Waals surface area contributed by atoms with Crippen LogP contribution < -0.4 is 14.8 Å². The topological polar surface area (TPSA) is 84.5 Å². The first-order valence-corrected chi connectivity index (χ1v) is 8.13. The van der Waals surface area contributed by atoms with Crippen molar-refractivity contribution in [2.45, 2.75) is 38.6 Å². The van der Waals surface area contributed by atoms with Gasteiger partial charge < -0.3 is 10.1 Å². The van der Waals surface area contributed by atoms with E-state index in [1.54, 1.807) is 0 Å². The minimum Gasteiger partial charge on any atom is -0.495 e. The van der Waals surface area contributed by atoms with Crippen LogP contribution in [0.1, 0.15) is 27.7 Å². The van der Waals surface area contributed by atoms with Crippen LogP contribution in [0.2, 0.25) is 0 Å². The number of methoxy groups -OCH3 is 1. The van der Waals surface area contributed by atoms with Crippen LogP contribution in [0.25, 0.3) is 0 Å². The van der Waals surface area contributed by atoms with E-state index >= 15 is 0 Å². The van der Waals surface area contributed by atoms with Gasteiger partial charge in [0.05, 0.1) is 17.7 Å². The number of anilines is 1. The van der Waals surface area contributed by atoms with Gasteiger partial charge in [-0.1, -0.05) is 13.8 Å². The normalized spacial score (nSPS) is 13.0. The van der Waals surface area contributed by atoms with Gasteiger partial charge in [-0.2, -0.15) is 0 Å². The zero-order valence-corrected chi connectivity index (χ0v) is 13.7. The minimum absolute atomic E-state index is 0.0981. The van der Waals surface area contributed by atoms with Crippen molar-refractivity contribution in [2.24, 2.45) is 5.92 Å². The highest BCUT2D eigenvalue weighted by molar-refractivity contribution is 7.89. The average molecular weight is 314 g/mol. The average Bonchev–Trinajstić information content (AvgIpc) is 2.37. The van der Waals surface area contributed by atoms with E-state index in [9.17, 15) is 13.2 Å². The highest BCUT2D eigenvalue weighted by atomic mass is 32.2. The Bertz CT molecular complexity index is 611. The number of hydrogen-bond acceptors (Lipinski definition) is 4. The molecule has 0 aliphatic rings. The number of sulfonamides is 1. The van der Waals surface area contributed by atoms with E-state index in [0.717, 1.165) is 0 Å². The number of carbonyl (C=O) groups excluding carboxylic acids is 1. The lowest BCUT2D eigenvalue weighted by atomic mass is 10.1. The van der Waals surface area contributed by atoms with E-state index in [1.165, 1.54) is 32.2 Å². The van der Waals surface area contributed by atoms with Crippen LogP contribution in [-0.4, -0.2) is 27.5 Å². The van der Waals surface area contributed by atoms with Crippen LogP contribution in [0, 0.1) is 5.92 Å². The first-order chi connectivity index (χ1) is 9.67. The van der Waals surface area contributed by atoms with Crippen molar-refractivity contribution in [1.29, 1.82) is 0 Å².